The summed E-state index contributed by atoms with van der Waals surface area (Å²) in [4.78, 5) is 27.7. The molecular weight excluding hydrogens is 326 g/mol. The van der Waals surface area contributed by atoms with E-state index in [0.29, 0.717) is 16.8 Å². The molecule has 0 radical (unpaired) electrons. The molecule has 136 valence electrons. The van der Waals surface area contributed by atoms with E-state index in [9.17, 15) is 14.7 Å². The van der Waals surface area contributed by atoms with Crippen LogP contribution in [-0.4, -0.2) is 22.8 Å². The van der Waals surface area contributed by atoms with Gasteiger partial charge in [-0.15, -0.1) is 0 Å². The molecule has 26 heavy (non-hydrogen) atoms. The van der Waals surface area contributed by atoms with E-state index in [1.165, 1.54) is 0 Å². The molecule has 0 aliphatic carbocycles. The number of para-hydroxylation sites is 1. The maximum Gasteiger partial charge on any atom is 0.264 e. The highest BCUT2D eigenvalue weighted by Crippen LogP contribution is 2.44. The van der Waals surface area contributed by atoms with Gasteiger partial charge in [0.1, 0.15) is 0 Å². The fraction of sp³-hybridized carbons (Fsp3) is 0.364. The second-order valence-corrected chi connectivity index (χ2v) is 7.52. The Balaban J connectivity index is 2.04. The predicted molar refractivity (Wildman–Crippen MR) is 103 cm³/mol. The number of amides is 1. The third-order valence-electron chi connectivity index (χ3n) is 5.07. The number of Topliss-reactive ketones (excluding diaryl/α,β-unsaturated/α-hetero) is 1. The summed E-state index contributed by atoms with van der Waals surface area (Å²) < 4.78 is 0. The van der Waals surface area contributed by atoms with Crippen molar-refractivity contribution < 1.29 is 14.7 Å². The van der Waals surface area contributed by atoms with Crippen molar-refractivity contribution in [3.63, 3.8) is 0 Å². The van der Waals surface area contributed by atoms with Gasteiger partial charge in [0.25, 0.3) is 5.91 Å². The van der Waals surface area contributed by atoms with Crippen molar-refractivity contribution in [2.45, 2.75) is 52.7 Å². The second-order valence-electron chi connectivity index (χ2n) is 7.52. The van der Waals surface area contributed by atoms with Gasteiger partial charge in [0.15, 0.2) is 11.4 Å². The Morgan fingerprint density at radius 1 is 1.12 bits per heavy atom. The van der Waals surface area contributed by atoms with Crippen LogP contribution in [-0.2, 0) is 10.4 Å². The maximum atomic E-state index is 13.1. The molecule has 0 saturated carbocycles. The van der Waals surface area contributed by atoms with Crippen LogP contribution in [0.1, 0.15) is 52.9 Å². The van der Waals surface area contributed by atoms with Crippen LogP contribution in [0.25, 0.3) is 0 Å². The Morgan fingerprint density at radius 3 is 2.27 bits per heavy atom. The zero-order chi connectivity index (χ0) is 19.2. The maximum absolute atomic E-state index is 13.1. The van der Waals surface area contributed by atoms with Crippen LogP contribution in [0.4, 0.5) is 5.69 Å². The van der Waals surface area contributed by atoms with Crippen molar-refractivity contribution in [3.05, 3.63) is 64.2 Å². The van der Waals surface area contributed by atoms with E-state index in [-0.39, 0.29) is 18.2 Å². The molecule has 4 nitrogen and oxygen atoms in total. The van der Waals surface area contributed by atoms with Crippen molar-refractivity contribution in [2.75, 3.05) is 4.90 Å². The summed E-state index contributed by atoms with van der Waals surface area (Å²) in [5.74, 6) is -0.638. The standard InChI is InChI=1S/C22H25NO3/c1-13(2)23-18-9-7-6-8-17(18)22(26,21(23)25)12-19(24)20-15(4)10-14(3)11-16(20)5/h6-11,13,26H,12H2,1-5H3/t22-/m0/s1. The third kappa shape index (κ3) is 2.74. The first-order chi connectivity index (χ1) is 12.2. The Kier molecular flexibility index (Phi) is 4.49. The van der Waals surface area contributed by atoms with Crippen LogP contribution in [0.15, 0.2) is 36.4 Å². The normalized spacial score (nSPS) is 19.2. The van der Waals surface area contributed by atoms with E-state index >= 15 is 0 Å². The highest BCUT2D eigenvalue weighted by atomic mass is 16.3. The van der Waals surface area contributed by atoms with E-state index < -0.39 is 11.5 Å². The summed E-state index contributed by atoms with van der Waals surface area (Å²) in [7, 11) is 0. The molecule has 0 unspecified atom stereocenters. The van der Waals surface area contributed by atoms with Crippen molar-refractivity contribution in [1.82, 2.24) is 0 Å². The largest absolute Gasteiger partial charge is 0.375 e. The summed E-state index contributed by atoms with van der Waals surface area (Å²) in [5.41, 5.74) is 2.79. The molecular formula is C22H25NO3. The summed E-state index contributed by atoms with van der Waals surface area (Å²) in [6.07, 6.45) is -0.253. The first-order valence-corrected chi connectivity index (χ1v) is 8.93. The number of aliphatic hydroxyl groups is 1. The average Bonchev–Trinajstić information content (AvgIpc) is 2.74. The molecule has 1 N–H and O–H groups in total. The fourth-order valence-corrected chi connectivity index (χ4v) is 4.08. The van der Waals surface area contributed by atoms with Gasteiger partial charge in [-0.25, -0.2) is 0 Å². The van der Waals surface area contributed by atoms with Gasteiger partial charge in [0.2, 0.25) is 0 Å². The lowest BCUT2D eigenvalue weighted by molar-refractivity contribution is -0.136. The van der Waals surface area contributed by atoms with Gasteiger partial charge in [-0.1, -0.05) is 35.9 Å². The summed E-state index contributed by atoms with van der Waals surface area (Å²) >= 11 is 0. The molecule has 1 atom stereocenters. The number of hydrogen-bond donors (Lipinski definition) is 1. The molecule has 0 bridgehead atoms. The lowest BCUT2D eigenvalue weighted by atomic mass is 9.85. The summed E-state index contributed by atoms with van der Waals surface area (Å²) in [5, 5.41) is 11.3. The minimum atomic E-state index is -1.82. The lowest BCUT2D eigenvalue weighted by Gasteiger charge is -2.25. The topological polar surface area (TPSA) is 57.6 Å². The van der Waals surface area contributed by atoms with E-state index in [1.807, 2.05) is 58.9 Å². The minimum absolute atomic E-state index is 0.101. The number of fused-ring (bicyclic) bond motifs is 1. The quantitative estimate of drug-likeness (QED) is 0.852. The molecule has 0 fully saturated rings. The molecule has 1 amide bonds. The fourth-order valence-electron chi connectivity index (χ4n) is 4.08. The molecule has 2 aromatic rings. The average molecular weight is 351 g/mol. The number of ketones is 1. The zero-order valence-electron chi connectivity index (χ0n) is 16.0. The number of anilines is 1. The number of benzene rings is 2. The SMILES string of the molecule is Cc1cc(C)c(C(=O)C[C@@]2(O)C(=O)N(C(C)C)c3ccccc32)c(C)c1. The second kappa shape index (κ2) is 6.36. The molecule has 4 heteroatoms. The Hall–Kier alpha value is -2.46. The molecule has 1 aliphatic heterocycles. The smallest absolute Gasteiger partial charge is 0.264 e. The van der Waals surface area contributed by atoms with Gasteiger partial charge in [-0.05, 0) is 51.8 Å². The highest BCUT2D eigenvalue weighted by molar-refractivity contribution is 6.11. The van der Waals surface area contributed by atoms with Gasteiger partial charge >= 0.3 is 0 Å². The zero-order valence-corrected chi connectivity index (χ0v) is 16.0. The van der Waals surface area contributed by atoms with Gasteiger partial charge in [-0.3, -0.25) is 9.59 Å². The number of nitrogens with zero attached hydrogens (tertiary/aromatic N) is 1. The Bertz CT molecular complexity index is 877. The van der Waals surface area contributed by atoms with E-state index in [4.69, 9.17) is 0 Å². The summed E-state index contributed by atoms with van der Waals surface area (Å²) in [6, 6.07) is 11.0. The van der Waals surface area contributed by atoms with Gasteiger partial charge in [-0.2, -0.15) is 0 Å². The van der Waals surface area contributed by atoms with Crippen LogP contribution >= 0.6 is 0 Å². The first kappa shape index (κ1) is 18.3. The van der Waals surface area contributed by atoms with Crippen molar-refractivity contribution in [3.8, 4) is 0 Å². The van der Waals surface area contributed by atoms with Crippen LogP contribution in [0, 0.1) is 20.8 Å². The Morgan fingerprint density at radius 2 is 1.69 bits per heavy atom. The molecule has 3 rings (SSSR count). The van der Waals surface area contributed by atoms with Crippen molar-refractivity contribution in [1.29, 1.82) is 0 Å². The van der Waals surface area contributed by atoms with Gasteiger partial charge in [0, 0.05) is 17.2 Å². The monoisotopic (exact) mass is 351 g/mol. The van der Waals surface area contributed by atoms with Crippen LogP contribution in [0.5, 0.6) is 0 Å². The van der Waals surface area contributed by atoms with E-state index in [1.54, 1.807) is 17.0 Å². The Labute approximate surface area is 154 Å². The predicted octanol–water partition coefficient (Wildman–Crippen LogP) is 3.83. The van der Waals surface area contributed by atoms with E-state index in [0.717, 1.165) is 16.7 Å². The highest BCUT2D eigenvalue weighted by Gasteiger charge is 2.51. The molecule has 0 saturated heterocycles. The molecule has 0 aromatic heterocycles. The summed E-state index contributed by atoms with van der Waals surface area (Å²) in [6.45, 7) is 9.57. The molecule has 1 heterocycles. The molecule has 2 aromatic carbocycles. The van der Waals surface area contributed by atoms with Crippen molar-refractivity contribution in [2.24, 2.45) is 0 Å². The van der Waals surface area contributed by atoms with Crippen LogP contribution < -0.4 is 4.90 Å². The lowest BCUT2D eigenvalue weighted by Crippen LogP contribution is -2.44. The number of hydrogen-bond acceptors (Lipinski definition) is 3. The number of carbonyl (C=O) groups is 2. The van der Waals surface area contributed by atoms with Gasteiger partial charge in [0.05, 0.1) is 12.1 Å². The number of aryl methyl sites for hydroxylation is 3. The number of rotatable bonds is 4. The first-order valence-electron chi connectivity index (χ1n) is 8.93. The number of carbonyl (C=O) groups excluding carboxylic acids is 2. The minimum Gasteiger partial charge on any atom is -0.375 e. The third-order valence-corrected chi connectivity index (χ3v) is 5.07. The molecule has 1 aliphatic rings. The van der Waals surface area contributed by atoms with Crippen molar-refractivity contribution >= 4 is 17.4 Å². The van der Waals surface area contributed by atoms with Crippen LogP contribution in [0.3, 0.4) is 0 Å². The molecule has 0 spiro atoms. The van der Waals surface area contributed by atoms with Gasteiger partial charge < -0.3 is 10.0 Å². The van der Waals surface area contributed by atoms with E-state index in [2.05, 4.69) is 0 Å². The van der Waals surface area contributed by atoms with Crippen LogP contribution in [0.2, 0.25) is 0 Å².